The van der Waals surface area contributed by atoms with Gasteiger partial charge in [0, 0.05) is 6.54 Å². The van der Waals surface area contributed by atoms with Gasteiger partial charge in [-0.05, 0) is 24.3 Å². The Kier molecular flexibility index (Phi) is 1.28. The van der Waals surface area contributed by atoms with Crippen LogP contribution in [0.5, 0.6) is 0 Å². The smallest absolute Gasteiger partial charge is 0.000853 e. The van der Waals surface area contributed by atoms with E-state index in [9.17, 15) is 0 Å². The van der Waals surface area contributed by atoms with Crippen LogP contribution in [-0.4, -0.2) is 13.1 Å². The fraction of sp³-hybridized carbons (Fsp3) is 1.00. The van der Waals surface area contributed by atoms with Crippen LogP contribution < -0.4 is 5.32 Å². The van der Waals surface area contributed by atoms with Crippen LogP contribution >= 0.6 is 12.4 Å². The van der Waals surface area contributed by atoms with E-state index in [-0.39, 0.29) is 12.4 Å². The van der Waals surface area contributed by atoms with E-state index in [0.29, 0.717) is 0 Å². The molecule has 2 rings (SSSR count). The zero-order chi connectivity index (χ0) is 4.91. The Morgan fingerprint density at radius 3 is 2.50 bits per heavy atom. The molecular weight excluding hydrogens is 122 g/mol. The van der Waals surface area contributed by atoms with Crippen LogP contribution in [0.1, 0.15) is 13.3 Å². The largest absolute Gasteiger partial charge is 0.316 e. The summed E-state index contributed by atoms with van der Waals surface area (Å²) >= 11 is 0. The molecule has 0 aromatic heterocycles. The Labute approximate surface area is 56.3 Å². The van der Waals surface area contributed by atoms with E-state index in [1.807, 2.05) is 0 Å². The highest BCUT2D eigenvalue weighted by Gasteiger charge is 2.52. The molecule has 0 spiro atoms. The lowest BCUT2D eigenvalue weighted by atomic mass is 10.1. The minimum absolute atomic E-state index is 0. The molecule has 0 bridgehead atoms. The van der Waals surface area contributed by atoms with Crippen LogP contribution in [0.2, 0.25) is 0 Å². The maximum absolute atomic E-state index is 3.36. The molecule has 0 aromatic rings. The maximum atomic E-state index is 3.36. The molecule has 0 radical (unpaired) electrons. The second-order valence-corrected chi connectivity index (χ2v) is 3.19. The van der Waals surface area contributed by atoms with E-state index in [4.69, 9.17) is 0 Å². The van der Waals surface area contributed by atoms with Gasteiger partial charge in [-0.25, -0.2) is 0 Å². The number of hydrogen-bond acceptors (Lipinski definition) is 1. The predicted molar refractivity (Wildman–Crippen MR) is 36.3 cm³/mol. The average molecular weight is 134 g/mol. The van der Waals surface area contributed by atoms with Gasteiger partial charge >= 0.3 is 0 Å². The summed E-state index contributed by atoms with van der Waals surface area (Å²) in [5.74, 6) is 1.05. The number of halogens is 1. The summed E-state index contributed by atoms with van der Waals surface area (Å²) in [5.41, 5.74) is 0.750. The fourth-order valence-electron chi connectivity index (χ4n) is 1.57. The van der Waals surface area contributed by atoms with Crippen molar-refractivity contribution in [3.63, 3.8) is 0 Å². The van der Waals surface area contributed by atoms with Crippen LogP contribution in [0.3, 0.4) is 0 Å². The maximum Gasteiger partial charge on any atom is 0.000853 e. The monoisotopic (exact) mass is 133 g/mol. The van der Waals surface area contributed by atoms with Crippen molar-refractivity contribution in [1.29, 1.82) is 0 Å². The summed E-state index contributed by atoms with van der Waals surface area (Å²) in [5, 5.41) is 3.36. The van der Waals surface area contributed by atoms with Gasteiger partial charge in [-0.15, -0.1) is 12.4 Å². The van der Waals surface area contributed by atoms with E-state index < -0.39 is 0 Å². The first-order valence-corrected chi connectivity index (χ1v) is 3.02. The summed E-state index contributed by atoms with van der Waals surface area (Å²) in [4.78, 5) is 0. The molecule has 1 aliphatic heterocycles. The number of rotatable bonds is 0. The van der Waals surface area contributed by atoms with Crippen molar-refractivity contribution >= 4 is 12.4 Å². The van der Waals surface area contributed by atoms with Gasteiger partial charge in [0.15, 0.2) is 0 Å². The Morgan fingerprint density at radius 1 is 1.62 bits per heavy atom. The molecule has 2 atom stereocenters. The quantitative estimate of drug-likeness (QED) is 0.521. The average Bonchev–Trinajstić information content (AvgIpc) is 2.09. The van der Waals surface area contributed by atoms with Crippen molar-refractivity contribution in [3.8, 4) is 0 Å². The lowest BCUT2D eigenvalue weighted by molar-refractivity contribution is 0.576. The Balaban J connectivity index is 0.000000320. The fourth-order valence-corrected chi connectivity index (χ4v) is 1.57. The molecule has 0 amide bonds. The van der Waals surface area contributed by atoms with Gasteiger partial charge in [0.2, 0.25) is 0 Å². The van der Waals surface area contributed by atoms with E-state index in [1.165, 1.54) is 19.5 Å². The zero-order valence-electron chi connectivity index (χ0n) is 5.11. The van der Waals surface area contributed by atoms with Crippen LogP contribution in [0.25, 0.3) is 0 Å². The Morgan fingerprint density at radius 2 is 2.38 bits per heavy atom. The van der Waals surface area contributed by atoms with Crippen LogP contribution in [-0.2, 0) is 0 Å². The first-order valence-electron chi connectivity index (χ1n) is 3.02. The van der Waals surface area contributed by atoms with Gasteiger partial charge in [0.1, 0.15) is 0 Å². The Hall–Kier alpha value is 0.250. The van der Waals surface area contributed by atoms with Gasteiger partial charge < -0.3 is 5.32 Å². The van der Waals surface area contributed by atoms with E-state index in [0.717, 1.165) is 11.3 Å². The van der Waals surface area contributed by atoms with Crippen molar-refractivity contribution in [2.24, 2.45) is 11.3 Å². The second-order valence-electron chi connectivity index (χ2n) is 3.19. The van der Waals surface area contributed by atoms with Gasteiger partial charge in [0.05, 0.1) is 0 Å². The number of fused-ring (bicyclic) bond motifs is 1. The molecular formula is C6H12ClN. The summed E-state index contributed by atoms with van der Waals surface area (Å²) < 4.78 is 0. The third kappa shape index (κ3) is 0.652. The van der Waals surface area contributed by atoms with Crippen molar-refractivity contribution in [2.75, 3.05) is 13.1 Å². The molecule has 1 N–H and O–H groups in total. The summed E-state index contributed by atoms with van der Waals surface area (Å²) in [6.45, 7) is 4.94. The molecule has 1 nitrogen and oxygen atoms in total. The second kappa shape index (κ2) is 1.61. The Bertz CT molecular complexity index is 103. The van der Waals surface area contributed by atoms with Gasteiger partial charge in [0.25, 0.3) is 0 Å². The minimum atomic E-state index is 0. The molecule has 1 heterocycles. The summed E-state index contributed by atoms with van der Waals surface area (Å²) in [7, 11) is 0. The standard InChI is InChI=1S/C6H11N.ClH/c1-6-2-5(6)3-7-4-6;/h5,7H,2-4H2,1H3;1H. The highest BCUT2D eigenvalue weighted by molar-refractivity contribution is 5.85. The van der Waals surface area contributed by atoms with Gasteiger partial charge in [-0.2, -0.15) is 0 Å². The molecule has 0 aromatic carbocycles. The lowest BCUT2D eigenvalue weighted by Gasteiger charge is -1.97. The first-order chi connectivity index (χ1) is 3.31. The third-order valence-electron chi connectivity index (χ3n) is 2.46. The van der Waals surface area contributed by atoms with Crippen LogP contribution in [0, 0.1) is 11.3 Å². The first kappa shape index (κ1) is 6.37. The van der Waals surface area contributed by atoms with Gasteiger partial charge in [-0.3, -0.25) is 0 Å². The summed E-state index contributed by atoms with van der Waals surface area (Å²) in [6, 6.07) is 0. The van der Waals surface area contributed by atoms with Crippen LogP contribution in [0.4, 0.5) is 0 Å². The molecule has 1 saturated carbocycles. The lowest BCUT2D eigenvalue weighted by Crippen LogP contribution is -2.13. The molecule has 8 heavy (non-hydrogen) atoms. The van der Waals surface area contributed by atoms with Crippen molar-refractivity contribution in [2.45, 2.75) is 13.3 Å². The predicted octanol–water partition coefficient (Wildman–Crippen LogP) is 1.04. The zero-order valence-corrected chi connectivity index (χ0v) is 5.92. The van der Waals surface area contributed by atoms with Crippen molar-refractivity contribution in [1.82, 2.24) is 5.32 Å². The number of hydrogen-bond donors (Lipinski definition) is 1. The van der Waals surface area contributed by atoms with Gasteiger partial charge in [-0.1, -0.05) is 6.92 Å². The third-order valence-corrected chi connectivity index (χ3v) is 2.46. The molecule has 2 aliphatic rings. The number of piperidine rings is 1. The summed E-state index contributed by atoms with van der Waals surface area (Å²) in [6.07, 6.45) is 1.49. The van der Waals surface area contributed by atoms with E-state index >= 15 is 0 Å². The van der Waals surface area contributed by atoms with Crippen LogP contribution in [0.15, 0.2) is 0 Å². The van der Waals surface area contributed by atoms with E-state index in [1.54, 1.807) is 0 Å². The highest BCUT2D eigenvalue weighted by Crippen LogP contribution is 2.54. The topological polar surface area (TPSA) is 12.0 Å². The minimum Gasteiger partial charge on any atom is -0.316 e. The number of nitrogens with one attached hydrogen (secondary N) is 1. The SMILES string of the molecule is CC12CNCC1C2.Cl. The molecule has 48 valence electrons. The van der Waals surface area contributed by atoms with Crippen molar-refractivity contribution in [3.05, 3.63) is 0 Å². The molecule has 2 unspecified atom stereocenters. The normalized spacial score (nSPS) is 49.9. The molecule has 2 heteroatoms. The van der Waals surface area contributed by atoms with E-state index in [2.05, 4.69) is 12.2 Å². The molecule has 1 aliphatic carbocycles. The van der Waals surface area contributed by atoms with Crippen molar-refractivity contribution < 1.29 is 0 Å². The molecule has 2 fully saturated rings. The highest BCUT2D eigenvalue weighted by atomic mass is 35.5. The molecule has 1 saturated heterocycles.